The Balaban J connectivity index is 2.19. The average molecular weight is 284 g/mol. The number of amides is 1. The number of hydrogen-bond acceptors (Lipinski definition) is 4. The van der Waals surface area contributed by atoms with Crippen LogP contribution < -0.4 is 5.32 Å². The first-order valence-corrected chi connectivity index (χ1v) is 5.76. The molecule has 4 nitrogen and oxygen atoms in total. The van der Waals surface area contributed by atoms with Crippen LogP contribution in [0.4, 0.5) is 5.13 Å². The number of anilines is 1. The fraction of sp³-hybridized carbons (Fsp3) is 0. The highest BCUT2D eigenvalue weighted by Crippen LogP contribution is 2.16. The van der Waals surface area contributed by atoms with Gasteiger partial charge in [0.2, 0.25) is 0 Å². The maximum atomic E-state index is 11.7. The molecule has 0 fully saturated rings. The minimum atomic E-state index is -0.266. The van der Waals surface area contributed by atoms with E-state index in [0.717, 1.165) is 0 Å². The minimum Gasteiger partial charge on any atom is -0.296 e. The first kappa shape index (κ1) is 10.3. The largest absolute Gasteiger partial charge is 0.296 e. The SMILES string of the molecule is O=C(Nc1nccs1)c1ncccc1Br. The molecule has 2 aromatic heterocycles. The summed E-state index contributed by atoms with van der Waals surface area (Å²) >= 11 is 4.63. The molecule has 0 unspecified atom stereocenters. The van der Waals surface area contributed by atoms with Crippen LogP contribution in [-0.2, 0) is 0 Å². The van der Waals surface area contributed by atoms with Crippen molar-refractivity contribution < 1.29 is 4.79 Å². The van der Waals surface area contributed by atoms with Crippen LogP contribution in [0, 0.1) is 0 Å². The van der Waals surface area contributed by atoms with Gasteiger partial charge < -0.3 is 0 Å². The molecule has 0 bridgehead atoms. The molecule has 2 rings (SSSR count). The van der Waals surface area contributed by atoms with Crippen molar-refractivity contribution in [2.75, 3.05) is 5.32 Å². The van der Waals surface area contributed by atoms with E-state index in [1.54, 1.807) is 29.9 Å². The number of carbonyl (C=O) groups excluding carboxylic acids is 1. The summed E-state index contributed by atoms with van der Waals surface area (Å²) in [4.78, 5) is 19.6. The summed E-state index contributed by atoms with van der Waals surface area (Å²) < 4.78 is 0.666. The predicted octanol–water partition coefficient (Wildman–Crippen LogP) is 2.55. The molecule has 0 atom stereocenters. The van der Waals surface area contributed by atoms with E-state index in [1.165, 1.54) is 11.3 Å². The van der Waals surface area contributed by atoms with E-state index >= 15 is 0 Å². The van der Waals surface area contributed by atoms with Crippen molar-refractivity contribution in [3.05, 3.63) is 40.1 Å². The van der Waals surface area contributed by atoms with Gasteiger partial charge in [-0.25, -0.2) is 9.97 Å². The summed E-state index contributed by atoms with van der Waals surface area (Å²) in [6.45, 7) is 0. The first-order chi connectivity index (χ1) is 7.27. The molecule has 6 heteroatoms. The fourth-order valence-corrected chi connectivity index (χ4v) is 1.95. The molecule has 1 amide bonds. The Morgan fingerprint density at radius 1 is 1.40 bits per heavy atom. The highest BCUT2D eigenvalue weighted by atomic mass is 79.9. The Hall–Kier alpha value is -1.27. The second kappa shape index (κ2) is 4.50. The van der Waals surface area contributed by atoms with Crippen molar-refractivity contribution in [1.29, 1.82) is 0 Å². The molecule has 0 radical (unpaired) electrons. The fourth-order valence-electron chi connectivity index (χ4n) is 0.994. The zero-order valence-corrected chi connectivity index (χ0v) is 9.88. The lowest BCUT2D eigenvalue weighted by atomic mass is 10.3. The van der Waals surface area contributed by atoms with Crippen LogP contribution in [-0.4, -0.2) is 15.9 Å². The Labute approximate surface area is 98.5 Å². The summed E-state index contributed by atoms with van der Waals surface area (Å²) in [6.07, 6.45) is 3.20. The Morgan fingerprint density at radius 2 is 2.27 bits per heavy atom. The number of aromatic nitrogens is 2. The van der Waals surface area contributed by atoms with Crippen molar-refractivity contribution in [3.8, 4) is 0 Å². The highest BCUT2D eigenvalue weighted by molar-refractivity contribution is 9.10. The molecule has 0 saturated carbocycles. The van der Waals surface area contributed by atoms with Gasteiger partial charge in [-0.1, -0.05) is 0 Å². The molecule has 0 aliphatic carbocycles. The molecule has 76 valence electrons. The maximum absolute atomic E-state index is 11.7. The number of halogens is 1. The molecule has 0 aromatic carbocycles. The van der Waals surface area contributed by atoms with Crippen LogP contribution >= 0.6 is 27.3 Å². The molecule has 1 N–H and O–H groups in total. The predicted molar refractivity (Wildman–Crippen MR) is 62.0 cm³/mol. The van der Waals surface area contributed by atoms with Crippen LogP contribution in [0.5, 0.6) is 0 Å². The molecule has 0 aliphatic rings. The van der Waals surface area contributed by atoms with E-state index in [-0.39, 0.29) is 5.91 Å². The third-order valence-corrected chi connectivity index (χ3v) is 2.95. The van der Waals surface area contributed by atoms with Gasteiger partial charge in [0, 0.05) is 22.2 Å². The van der Waals surface area contributed by atoms with Crippen molar-refractivity contribution >= 4 is 38.3 Å². The van der Waals surface area contributed by atoms with Gasteiger partial charge >= 0.3 is 0 Å². The smallest absolute Gasteiger partial charge is 0.277 e. The maximum Gasteiger partial charge on any atom is 0.277 e. The number of rotatable bonds is 2. The second-order valence-electron chi connectivity index (χ2n) is 2.63. The second-order valence-corrected chi connectivity index (χ2v) is 4.37. The van der Waals surface area contributed by atoms with E-state index in [4.69, 9.17) is 0 Å². The van der Waals surface area contributed by atoms with Crippen LogP contribution in [0.15, 0.2) is 34.4 Å². The lowest BCUT2D eigenvalue weighted by Gasteiger charge is -2.01. The zero-order valence-electron chi connectivity index (χ0n) is 7.48. The van der Waals surface area contributed by atoms with Gasteiger partial charge in [-0.3, -0.25) is 10.1 Å². The highest BCUT2D eigenvalue weighted by Gasteiger charge is 2.11. The molecule has 0 spiro atoms. The topological polar surface area (TPSA) is 54.9 Å². The molecular formula is C9H6BrN3OS. The first-order valence-electron chi connectivity index (χ1n) is 4.09. The van der Waals surface area contributed by atoms with Crippen LogP contribution in [0.2, 0.25) is 0 Å². The van der Waals surface area contributed by atoms with Gasteiger partial charge in [-0.05, 0) is 28.1 Å². The normalized spacial score (nSPS) is 9.93. The van der Waals surface area contributed by atoms with Gasteiger partial charge in [0.1, 0.15) is 5.69 Å². The van der Waals surface area contributed by atoms with Gasteiger partial charge in [-0.2, -0.15) is 0 Å². The van der Waals surface area contributed by atoms with Crippen molar-refractivity contribution in [2.24, 2.45) is 0 Å². The van der Waals surface area contributed by atoms with Crippen molar-refractivity contribution in [1.82, 2.24) is 9.97 Å². The molecule has 2 heterocycles. The lowest BCUT2D eigenvalue weighted by Crippen LogP contribution is -2.13. The third-order valence-electron chi connectivity index (χ3n) is 1.63. The quantitative estimate of drug-likeness (QED) is 0.922. The Kier molecular flexibility index (Phi) is 3.08. The summed E-state index contributed by atoms with van der Waals surface area (Å²) in [7, 11) is 0. The monoisotopic (exact) mass is 283 g/mol. The Bertz CT molecular complexity index is 472. The minimum absolute atomic E-state index is 0.266. The number of hydrogen-bond donors (Lipinski definition) is 1. The van der Waals surface area contributed by atoms with Crippen LogP contribution in [0.3, 0.4) is 0 Å². The lowest BCUT2D eigenvalue weighted by molar-refractivity contribution is 0.102. The van der Waals surface area contributed by atoms with E-state index in [2.05, 4.69) is 31.2 Å². The molecule has 15 heavy (non-hydrogen) atoms. The van der Waals surface area contributed by atoms with Crippen molar-refractivity contribution in [3.63, 3.8) is 0 Å². The number of thiazole rings is 1. The van der Waals surface area contributed by atoms with E-state index in [9.17, 15) is 4.79 Å². The standard InChI is InChI=1S/C9H6BrN3OS/c10-6-2-1-3-11-7(6)8(14)13-9-12-4-5-15-9/h1-5H,(H,12,13,14). The molecule has 0 aliphatic heterocycles. The van der Waals surface area contributed by atoms with Gasteiger partial charge in [0.25, 0.3) is 5.91 Å². The summed E-state index contributed by atoms with van der Waals surface area (Å²) in [6, 6.07) is 3.52. The summed E-state index contributed by atoms with van der Waals surface area (Å²) in [5.41, 5.74) is 0.354. The molecule has 2 aromatic rings. The number of carbonyl (C=O) groups is 1. The van der Waals surface area contributed by atoms with Gasteiger partial charge in [-0.15, -0.1) is 11.3 Å². The summed E-state index contributed by atoms with van der Waals surface area (Å²) in [5.74, 6) is -0.266. The zero-order chi connectivity index (χ0) is 10.7. The third kappa shape index (κ3) is 2.40. The Morgan fingerprint density at radius 3 is 2.93 bits per heavy atom. The van der Waals surface area contributed by atoms with Gasteiger partial charge in [0.05, 0.1) is 0 Å². The molecule has 0 saturated heterocycles. The number of pyridine rings is 1. The summed E-state index contributed by atoms with van der Waals surface area (Å²) in [5, 5.41) is 5.02. The van der Waals surface area contributed by atoms with Gasteiger partial charge in [0.15, 0.2) is 5.13 Å². The van der Waals surface area contributed by atoms with Crippen LogP contribution in [0.1, 0.15) is 10.5 Å². The van der Waals surface area contributed by atoms with E-state index in [0.29, 0.717) is 15.3 Å². The van der Waals surface area contributed by atoms with Crippen LogP contribution in [0.25, 0.3) is 0 Å². The van der Waals surface area contributed by atoms with E-state index in [1.807, 2.05) is 0 Å². The van der Waals surface area contributed by atoms with Crippen molar-refractivity contribution in [2.45, 2.75) is 0 Å². The number of nitrogens with zero attached hydrogens (tertiary/aromatic N) is 2. The molecular weight excluding hydrogens is 278 g/mol. The number of nitrogens with one attached hydrogen (secondary N) is 1. The average Bonchev–Trinajstić information content (AvgIpc) is 2.71. The van der Waals surface area contributed by atoms with E-state index < -0.39 is 0 Å².